The molecule has 0 aromatic rings. The first-order valence-corrected chi connectivity index (χ1v) is 8.71. The Hall–Kier alpha value is -0.610. The van der Waals surface area contributed by atoms with Gasteiger partial charge in [0.2, 0.25) is 5.91 Å². The number of carbonyl (C=O) groups is 1. The lowest BCUT2D eigenvalue weighted by atomic mass is 9.77. The first-order chi connectivity index (χ1) is 10.2. The van der Waals surface area contributed by atoms with Crippen molar-refractivity contribution in [3.63, 3.8) is 0 Å². The van der Waals surface area contributed by atoms with Gasteiger partial charge in [0.25, 0.3) is 0 Å². The molecule has 0 atom stereocenters. The number of methoxy groups -OCH3 is 1. The minimum Gasteiger partial charge on any atom is -0.384 e. The highest BCUT2D eigenvalue weighted by atomic mass is 16.5. The van der Waals surface area contributed by atoms with Crippen LogP contribution in [0, 0.1) is 11.3 Å². The predicted octanol–water partition coefficient (Wildman–Crippen LogP) is 2.48. The van der Waals surface area contributed by atoms with Gasteiger partial charge in [0.15, 0.2) is 0 Å². The summed E-state index contributed by atoms with van der Waals surface area (Å²) in [5.41, 5.74) is -0.305. The summed E-state index contributed by atoms with van der Waals surface area (Å²) < 4.78 is 5.36. The third kappa shape index (κ3) is 4.43. The molecular weight excluding hydrogens is 264 g/mol. The maximum Gasteiger partial charge on any atom is 0.228 e. The zero-order valence-electron chi connectivity index (χ0n) is 13.7. The largest absolute Gasteiger partial charge is 0.384 e. The van der Waals surface area contributed by atoms with Gasteiger partial charge in [-0.3, -0.25) is 4.79 Å². The van der Waals surface area contributed by atoms with Gasteiger partial charge in [0.05, 0.1) is 12.0 Å². The van der Waals surface area contributed by atoms with Crippen LogP contribution in [0.1, 0.15) is 58.3 Å². The molecule has 1 heterocycles. The van der Waals surface area contributed by atoms with E-state index < -0.39 is 0 Å². The van der Waals surface area contributed by atoms with Crippen LogP contribution in [0.3, 0.4) is 0 Å². The van der Waals surface area contributed by atoms with Crippen LogP contribution in [0.15, 0.2) is 0 Å². The highest BCUT2D eigenvalue weighted by molar-refractivity contribution is 5.83. The molecule has 2 fully saturated rings. The first kappa shape index (κ1) is 16.8. The fourth-order valence-corrected chi connectivity index (χ4v) is 3.96. The van der Waals surface area contributed by atoms with Gasteiger partial charge in [0, 0.05) is 13.2 Å². The Balaban J connectivity index is 1.85. The van der Waals surface area contributed by atoms with Gasteiger partial charge < -0.3 is 15.4 Å². The summed E-state index contributed by atoms with van der Waals surface area (Å²) in [6.07, 6.45) is 9.26. The molecule has 4 nitrogen and oxygen atoms in total. The van der Waals surface area contributed by atoms with E-state index >= 15 is 0 Å². The van der Waals surface area contributed by atoms with Crippen molar-refractivity contribution in [2.45, 2.75) is 64.3 Å². The third-order valence-corrected chi connectivity index (χ3v) is 5.34. The molecule has 0 aromatic heterocycles. The maximum atomic E-state index is 12.8. The molecular formula is C17H32N2O2. The molecule has 2 aliphatic rings. The molecule has 0 radical (unpaired) electrons. The van der Waals surface area contributed by atoms with E-state index in [4.69, 9.17) is 4.74 Å². The zero-order chi connectivity index (χ0) is 15.1. The van der Waals surface area contributed by atoms with Crippen LogP contribution >= 0.6 is 0 Å². The Morgan fingerprint density at radius 1 is 1.24 bits per heavy atom. The molecule has 0 unspecified atom stereocenters. The molecule has 0 bridgehead atoms. The monoisotopic (exact) mass is 296 g/mol. The topological polar surface area (TPSA) is 50.4 Å². The lowest BCUT2D eigenvalue weighted by Gasteiger charge is -2.38. The first-order valence-electron chi connectivity index (χ1n) is 8.71. The van der Waals surface area contributed by atoms with Crippen LogP contribution in [0.5, 0.6) is 0 Å². The molecule has 2 N–H and O–H groups in total. The lowest BCUT2D eigenvalue weighted by Crippen LogP contribution is -2.52. The number of piperidine rings is 1. The second-order valence-electron chi connectivity index (χ2n) is 6.94. The van der Waals surface area contributed by atoms with Crippen LogP contribution in [0.4, 0.5) is 0 Å². The van der Waals surface area contributed by atoms with E-state index in [2.05, 4.69) is 17.6 Å². The van der Waals surface area contributed by atoms with Gasteiger partial charge in [-0.2, -0.15) is 0 Å². The molecule has 0 spiro atoms. The van der Waals surface area contributed by atoms with Gasteiger partial charge in [-0.05, 0) is 57.5 Å². The standard InChI is InChI=1S/C17H32N2O2/c1-3-4-14-5-7-15(8-6-14)19-16(20)17(13-21-2)9-11-18-12-10-17/h14-15,18H,3-13H2,1-2H3,(H,19,20). The Kier molecular flexibility index (Phi) is 6.49. The van der Waals surface area contributed by atoms with E-state index in [-0.39, 0.29) is 11.3 Å². The van der Waals surface area contributed by atoms with Gasteiger partial charge in [-0.25, -0.2) is 0 Å². The van der Waals surface area contributed by atoms with Crippen molar-refractivity contribution in [3.05, 3.63) is 0 Å². The van der Waals surface area contributed by atoms with Crippen LogP contribution in [0.25, 0.3) is 0 Å². The normalized spacial score (nSPS) is 29.0. The minimum absolute atomic E-state index is 0.227. The molecule has 122 valence electrons. The van der Waals surface area contributed by atoms with Crippen molar-refractivity contribution in [2.24, 2.45) is 11.3 Å². The molecule has 2 rings (SSSR count). The molecule has 1 amide bonds. The van der Waals surface area contributed by atoms with Crippen LogP contribution < -0.4 is 10.6 Å². The van der Waals surface area contributed by atoms with Crippen LogP contribution in [0.2, 0.25) is 0 Å². The van der Waals surface area contributed by atoms with Crippen LogP contribution in [-0.4, -0.2) is 38.8 Å². The Morgan fingerprint density at radius 3 is 2.48 bits per heavy atom. The predicted molar refractivity (Wildman–Crippen MR) is 85.2 cm³/mol. The zero-order valence-corrected chi connectivity index (χ0v) is 13.7. The molecule has 0 aromatic carbocycles. The van der Waals surface area contributed by atoms with Crippen molar-refractivity contribution < 1.29 is 9.53 Å². The number of rotatable bonds is 6. The Morgan fingerprint density at radius 2 is 1.90 bits per heavy atom. The second kappa shape index (κ2) is 8.14. The minimum atomic E-state index is -0.305. The SMILES string of the molecule is CCCC1CCC(NC(=O)C2(COC)CCNCC2)CC1. The van der Waals surface area contributed by atoms with Crippen molar-refractivity contribution in [2.75, 3.05) is 26.8 Å². The van der Waals surface area contributed by atoms with E-state index in [1.807, 2.05) is 0 Å². The van der Waals surface area contributed by atoms with E-state index in [0.717, 1.165) is 44.7 Å². The Bertz CT molecular complexity index is 313. The average Bonchev–Trinajstić information content (AvgIpc) is 2.51. The maximum absolute atomic E-state index is 12.8. The summed E-state index contributed by atoms with van der Waals surface area (Å²) in [6, 6.07) is 0.384. The number of amides is 1. The van der Waals surface area contributed by atoms with Crippen LogP contribution in [-0.2, 0) is 9.53 Å². The molecule has 1 aliphatic carbocycles. The average molecular weight is 296 g/mol. The summed E-state index contributed by atoms with van der Waals surface area (Å²) in [5, 5.41) is 6.67. The van der Waals surface area contributed by atoms with Crippen molar-refractivity contribution in [3.8, 4) is 0 Å². The lowest BCUT2D eigenvalue weighted by molar-refractivity contribution is -0.137. The number of carbonyl (C=O) groups excluding carboxylic acids is 1. The summed E-state index contributed by atoms with van der Waals surface area (Å²) in [5.74, 6) is 1.11. The summed E-state index contributed by atoms with van der Waals surface area (Å²) in [6.45, 7) is 4.64. The van der Waals surface area contributed by atoms with E-state index in [1.165, 1.54) is 25.7 Å². The molecule has 1 aliphatic heterocycles. The fraction of sp³-hybridized carbons (Fsp3) is 0.941. The van der Waals surface area contributed by atoms with E-state index in [0.29, 0.717) is 12.6 Å². The van der Waals surface area contributed by atoms with E-state index in [1.54, 1.807) is 7.11 Å². The summed E-state index contributed by atoms with van der Waals surface area (Å²) in [7, 11) is 1.70. The summed E-state index contributed by atoms with van der Waals surface area (Å²) in [4.78, 5) is 12.8. The quantitative estimate of drug-likeness (QED) is 0.792. The van der Waals surface area contributed by atoms with Crippen molar-refractivity contribution >= 4 is 5.91 Å². The fourth-order valence-electron chi connectivity index (χ4n) is 3.96. The number of hydrogen-bond donors (Lipinski definition) is 2. The van der Waals surface area contributed by atoms with Gasteiger partial charge >= 0.3 is 0 Å². The summed E-state index contributed by atoms with van der Waals surface area (Å²) >= 11 is 0. The van der Waals surface area contributed by atoms with Crippen molar-refractivity contribution in [1.29, 1.82) is 0 Å². The van der Waals surface area contributed by atoms with E-state index in [9.17, 15) is 4.79 Å². The number of ether oxygens (including phenoxy) is 1. The number of hydrogen-bond acceptors (Lipinski definition) is 3. The highest BCUT2D eigenvalue weighted by Gasteiger charge is 2.40. The van der Waals surface area contributed by atoms with Gasteiger partial charge in [-0.15, -0.1) is 0 Å². The second-order valence-corrected chi connectivity index (χ2v) is 6.94. The molecule has 1 saturated heterocycles. The molecule has 4 heteroatoms. The Labute approximate surface area is 129 Å². The van der Waals surface area contributed by atoms with Gasteiger partial charge in [-0.1, -0.05) is 19.8 Å². The number of nitrogens with one attached hydrogen (secondary N) is 2. The smallest absolute Gasteiger partial charge is 0.228 e. The van der Waals surface area contributed by atoms with Crippen molar-refractivity contribution in [1.82, 2.24) is 10.6 Å². The highest BCUT2D eigenvalue weighted by Crippen LogP contribution is 2.32. The van der Waals surface area contributed by atoms with Gasteiger partial charge in [0.1, 0.15) is 0 Å². The third-order valence-electron chi connectivity index (χ3n) is 5.34. The molecule has 21 heavy (non-hydrogen) atoms. The molecule has 1 saturated carbocycles.